The molecule has 4 nitrogen and oxygen atoms in total. The Morgan fingerprint density at radius 1 is 1.58 bits per heavy atom. The van der Waals surface area contributed by atoms with Crippen molar-refractivity contribution in [2.75, 3.05) is 13.7 Å². The Balaban J connectivity index is 3.61. The van der Waals surface area contributed by atoms with Crippen molar-refractivity contribution in [2.45, 2.75) is 32.3 Å². The van der Waals surface area contributed by atoms with Gasteiger partial charge >= 0.3 is 6.16 Å². The van der Waals surface area contributed by atoms with Gasteiger partial charge in [0.25, 0.3) is 0 Å². The number of rotatable bonds is 6. The summed E-state index contributed by atoms with van der Waals surface area (Å²) >= 11 is 0. The molecule has 0 rings (SSSR count). The monoisotopic (exact) mass is 176 g/mol. The Morgan fingerprint density at radius 3 is 2.67 bits per heavy atom. The highest BCUT2D eigenvalue weighted by atomic mass is 16.7. The van der Waals surface area contributed by atoms with Crippen LogP contribution >= 0.6 is 0 Å². The summed E-state index contributed by atoms with van der Waals surface area (Å²) in [7, 11) is 1.53. The van der Waals surface area contributed by atoms with E-state index in [1.807, 2.05) is 6.92 Å². The summed E-state index contributed by atoms with van der Waals surface area (Å²) in [6.07, 6.45) is 1.18. The van der Waals surface area contributed by atoms with E-state index in [1.165, 1.54) is 7.11 Å². The lowest BCUT2D eigenvalue weighted by Gasteiger charge is -2.13. The molecular weight excluding hydrogens is 160 g/mol. The first kappa shape index (κ1) is 11.2. The molecular formula is C8H16O4. The highest BCUT2D eigenvalue weighted by Crippen LogP contribution is 2.05. The van der Waals surface area contributed by atoms with Crippen LogP contribution in [0.4, 0.5) is 4.79 Å². The molecule has 0 aromatic carbocycles. The molecule has 0 amide bonds. The second-order valence-corrected chi connectivity index (χ2v) is 2.60. The van der Waals surface area contributed by atoms with Gasteiger partial charge in [-0.3, -0.25) is 0 Å². The van der Waals surface area contributed by atoms with Crippen LogP contribution < -0.4 is 0 Å². The Bertz CT molecular complexity index is 124. The van der Waals surface area contributed by atoms with Crippen LogP contribution in [0.25, 0.3) is 0 Å². The lowest BCUT2D eigenvalue weighted by molar-refractivity contribution is 0.00743. The Hall–Kier alpha value is -0.770. The summed E-state index contributed by atoms with van der Waals surface area (Å²) < 4.78 is 9.40. The zero-order chi connectivity index (χ0) is 9.40. The fourth-order valence-corrected chi connectivity index (χ4v) is 0.937. The molecule has 0 aromatic rings. The molecule has 4 heteroatoms. The van der Waals surface area contributed by atoms with Crippen LogP contribution in [0.15, 0.2) is 0 Å². The minimum Gasteiger partial charge on any atom is -0.450 e. The molecule has 0 aliphatic heterocycles. The lowest BCUT2D eigenvalue weighted by atomic mass is 10.2. The first-order valence-corrected chi connectivity index (χ1v) is 4.09. The standard InChI is InChI=1S/C8H16O4/c1-3-4-5-7(6-11-2)12-8(9)10/h7H,3-6H2,1-2H3,(H,9,10). The van der Waals surface area contributed by atoms with Crippen LogP contribution in [-0.4, -0.2) is 31.1 Å². The average Bonchev–Trinajstić information content (AvgIpc) is 2.00. The number of hydrogen-bond acceptors (Lipinski definition) is 3. The summed E-state index contributed by atoms with van der Waals surface area (Å²) in [5.74, 6) is 0. The van der Waals surface area contributed by atoms with Gasteiger partial charge in [-0.2, -0.15) is 0 Å². The minimum atomic E-state index is -1.23. The smallest absolute Gasteiger partial charge is 0.450 e. The summed E-state index contributed by atoms with van der Waals surface area (Å²) in [6, 6.07) is 0. The minimum absolute atomic E-state index is 0.313. The van der Waals surface area contributed by atoms with Gasteiger partial charge in [-0.25, -0.2) is 4.79 Å². The van der Waals surface area contributed by atoms with Gasteiger partial charge in [0.05, 0.1) is 6.61 Å². The van der Waals surface area contributed by atoms with Gasteiger partial charge in [-0.05, 0) is 12.8 Å². The zero-order valence-electron chi connectivity index (χ0n) is 7.58. The molecule has 0 aliphatic rings. The normalized spacial score (nSPS) is 12.5. The number of carbonyl (C=O) groups is 1. The molecule has 0 heterocycles. The third-order valence-corrected chi connectivity index (χ3v) is 1.50. The highest BCUT2D eigenvalue weighted by Gasteiger charge is 2.11. The molecule has 72 valence electrons. The first-order valence-electron chi connectivity index (χ1n) is 4.09. The van der Waals surface area contributed by atoms with E-state index < -0.39 is 6.16 Å². The second-order valence-electron chi connectivity index (χ2n) is 2.60. The Morgan fingerprint density at radius 2 is 2.25 bits per heavy atom. The van der Waals surface area contributed by atoms with Gasteiger partial charge in [0.1, 0.15) is 6.10 Å². The number of ether oxygens (including phenoxy) is 2. The molecule has 0 aromatic heterocycles. The van der Waals surface area contributed by atoms with E-state index in [2.05, 4.69) is 4.74 Å². The van der Waals surface area contributed by atoms with Gasteiger partial charge in [-0.1, -0.05) is 13.3 Å². The van der Waals surface area contributed by atoms with Crippen LogP contribution in [0.1, 0.15) is 26.2 Å². The SMILES string of the molecule is CCCCC(COC)OC(=O)O. The van der Waals surface area contributed by atoms with Gasteiger partial charge in [0, 0.05) is 7.11 Å². The van der Waals surface area contributed by atoms with E-state index in [0.717, 1.165) is 19.3 Å². The van der Waals surface area contributed by atoms with Crippen molar-refractivity contribution in [3.05, 3.63) is 0 Å². The average molecular weight is 176 g/mol. The van der Waals surface area contributed by atoms with Gasteiger partial charge < -0.3 is 14.6 Å². The topological polar surface area (TPSA) is 55.8 Å². The third kappa shape index (κ3) is 5.97. The molecule has 0 fully saturated rings. The van der Waals surface area contributed by atoms with Crippen molar-refractivity contribution in [2.24, 2.45) is 0 Å². The lowest BCUT2D eigenvalue weighted by Crippen LogP contribution is -2.21. The van der Waals surface area contributed by atoms with E-state index in [1.54, 1.807) is 0 Å². The molecule has 12 heavy (non-hydrogen) atoms. The van der Waals surface area contributed by atoms with Crippen molar-refractivity contribution in [3.63, 3.8) is 0 Å². The quantitative estimate of drug-likeness (QED) is 0.628. The van der Waals surface area contributed by atoms with Crippen molar-refractivity contribution >= 4 is 6.16 Å². The number of carboxylic acid groups (broad SMARTS) is 1. The van der Waals surface area contributed by atoms with Crippen molar-refractivity contribution < 1.29 is 19.4 Å². The third-order valence-electron chi connectivity index (χ3n) is 1.50. The van der Waals surface area contributed by atoms with E-state index in [0.29, 0.717) is 6.61 Å². The van der Waals surface area contributed by atoms with Crippen LogP contribution in [0.5, 0.6) is 0 Å². The highest BCUT2D eigenvalue weighted by molar-refractivity contribution is 5.57. The van der Waals surface area contributed by atoms with Crippen LogP contribution in [0.3, 0.4) is 0 Å². The van der Waals surface area contributed by atoms with E-state index in [-0.39, 0.29) is 6.10 Å². The molecule has 0 saturated heterocycles. The predicted molar refractivity (Wildman–Crippen MR) is 44.3 cm³/mol. The van der Waals surface area contributed by atoms with Gasteiger partial charge in [0.2, 0.25) is 0 Å². The molecule has 0 bridgehead atoms. The number of hydrogen-bond donors (Lipinski definition) is 1. The number of unbranched alkanes of at least 4 members (excludes halogenated alkanes) is 1. The summed E-state index contributed by atoms with van der Waals surface area (Å²) in [6.45, 7) is 2.39. The summed E-state index contributed by atoms with van der Waals surface area (Å²) in [5.41, 5.74) is 0. The molecule has 1 N–H and O–H groups in total. The maximum Gasteiger partial charge on any atom is 0.506 e. The maximum atomic E-state index is 10.2. The van der Waals surface area contributed by atoms with Crippen LogP contribution in [-0.2, 0) is 9.47 Å². The van der Waals surface area contributed by atoms with Crippen LogP contribution in [0, 0.1) is 0 Å². The fraction of sp³-hybridized carbons (Fsp3) is 0.875. The predicted octanol–water partition coefficient (Wildman–Crippen LogP) is 1.89. The second kappa shape index (κ2) is 6.91. The first-order chi connectivity index (χ1) is 5.70. The summed E-state index contributed by atoms with van der Waals surface area (Å²) in [4.78, 5) is 10.2. The molecule has 1 unspecified atom stereocenters. The fourth-order valence-electron chi connectivity index (χ4n) is 0.937. The Kier molecular flexibility index (Phi) is 6.47. The zero-order valence-corrected chi connectivity index (χ0v) is 7.58. The molecule has 0 aliphatic carbocycles. The van der Waals surface area contributed by atoms with Gasteiger partial charge in [0.15, 0.2) is 0 Å². The molecule has 0 spiro atoms. The summed E-state index contributed by atoms with van der Waals surface area (Å²) in [5, 5.41) is 8.33. The van der Waals surface area contributed by atoms with E-state index in [4.69, 9.17) is 9.84 Å². The van der Waals surface area contributed by atoms with Crippen LogP contribution in [0.2, 0.25) is 0 Å². The van der Waals surface area contributed by atoms with Crippen molar-refractivity contribution in [1.82, 2.24) is 0 Å². The maximum absolute atomic E-state index is 10.2. The van der Waals surface area contributed by atoms with Gasteiger partial charge in [-0.15, -0.1) is 0 Å². The van der Waals surface area contributed by atoms with E-state index in [9.17, 15) is 4.79 Å². The van der Waals surface area contributed by atoms with Crippen molar-refractivity contribution in [3.8, 4) is 0 Å². The molecule has 0 saturated carbocycles. The largest absolute Gasteiger partial charge is 0.506 e. The Labute approximate surface area is 72.5 Å². The van der Waals surface area contributed by atoms with Crippen molar-refractivity contribution in [1.29, 1.82) is 0 Å². The van der Waals surface area contributed by atoms with E-state index >= 15 is 0 Å². The molecule has 0 radical (unpaired) electrons. The number of methoxy groups -OCH3 is 1. The molecule has 1 atom stereocenters.